The van der Waals surface area contributed by atoms with Gasteiger partial charge < -0.3 is 4.74 Å². The second-order valence-electron chi connectivity index (χ2n) is 8.28. The Morgan fingerprint density at radius 2 is 1.28 bits per heavy atom. The molecule has 0 saturated carbocycles. The van der Waals surface area contributed by atoms with Crippen molar-refractivity contribution in [2.45, 2.75) is 116 Å². The fourth-order valence-electron chi connectivity index (χ4n) is 3.55. The van der Waals surface area contributed by atoms with Gasteiger partial charge in [0.25, 0.3) is 10.1 Å². The standard InChI is InChI=1S/C24H42O4S/c1-5-7-9-11-13-16-22-18-15-19-23(17-14-12-10-8-6-2)24(22)28-20(3)21(4)29(25,26)27/h15,18-21H,5-14,16-17H2,1-4H3,(H,25,26,27). The third-order valence-corrected chi connectivity index (χ3v) is 7.04. The van der Waals surface area contributed by atoms with Gasteiger partial charge in [0.15, 0.2) is 0 Å². The van der Waals surface area contributed by atoms with E-state index < -0.39 is 21.5 Å². The van der Waals surface area contributed by atoms with Crippen LogP contribution in [0.15, 0.2) is 18.2 Å². The van der Waals surface area contributed by atoms with Crippen molar-refractivity contribution in [3.63, 3.8) is 0 Å². The summed E-state index contributed by atoms with van der Waals surface area (Å²) in [4.78, 5) is 0. The van der Waals surface area contributed by atoms with Gasteiger partial charge in [-0.15, -0.1) is 0 Å². The molecule has 0 radical (unpaired) electrons. The molecule has 1 N–H and O–H groups in total. The van der Waals surface area contributed by atoms with Crippen molar-refractivity contribution < 1.29 is 17.7 Å². The first-order chi connectivity index (χ1) is 13.8. The summed E-state index contributed by atoms with van der Waals surface area (Å²) >= 11 is 0. The highest BCUT2D eigenvalue weighted by Gasteiger charge is 2.27. The molecule has 1 aromatic rings. The van der Waals surface area contributed by atoms with Crippen molar-refractivity contribution in [2.75, 3.05) is 0 Å². The lowest BCUT2D eigenvalue weighted by Crippen LogP contribution is -2.33. The van der Waals surface area contributed by atoms with E-state index >= 15 is 0 Å². The summed E-state index contributed by atoms with van der Waals surface area (Å²) in [6.45, 7) is 7.65. The van der Waals surface area contributed by atoms with Crippen LogP contribution < -0.4 is 4.74 Å². The lowest BCUT2D eigenvalue weighted by molar-refractivity contribution is 0.210. The minimum absolute atomic E-state index is 0.606. The van der Waals surface area contributed by atoms with E-state index in [0.29, 0.717) is 0 Å². The van der Waals surface area contributed by atoms with Crippen LogP contribution in [0.3, 0.4) is 0 Å². The van der Waals surface area contributed by atoms with Gasteiger partial charge in [0.05, 0.1) is 0 Å². The lowest BCUT2D eigenvalue weighted by atomic mass is 9.98. The molecule has 0 aliphatic rings. The van der Waals surface area contributed by atoms with Crippen molar-refractivity contribution in [1.82, 2.24) is 0 Å². The number of benzene rings is 1. The average Bonchev–Trinajstić information content (AvgIpc) is 2.68. The molecule has 0 bridgehead atoms. The maximum atomic E-state index is 11.6. The Morgan fingerprint density at radius 3 is 1.69 bits per heavy atom. The Hall–Kier alpha value is -1.07. The molecule has 0 aliphatic heterocycles. The molecule has 0 heterocycles. The minimum atomic E-state index is -4.13. The predicted octanol–water partition coefficient (Wildman–Crippen LogP) is 6.76. The van der Waals surface area contributed by atoms with E-state index in [9.17, 15) is 13.0 Å². The lowest BCUT2D eigenvalue weighted by Gasteiger charge is -2.23. The van der Waals surface area contributed by atoms with Gasteiger partial charge in [-0.05, 0) is 50.7 Å². The fourth-order valence-corrected chi connectivity index (χ4v) is 4.08. The van der Waals surface area contributed by atoms with E-state index in [1.165, 1.54) is 58.3 Å². The molecule has 0 aliphatic carbocycles. The number of ether oxygens (including phenoxy) is 1. The van der Waals surface area contributed by atoms with E-state index in [1.807, 2.05) is 0 Å². The Balaban J connectivity index is 2.90. The van der Waals surface area contributed by atoms with Gasteiger partial charge in [0.1, 0.15) is 17.1 Å². The number of hydrogen-bond donors (Lipinski definition) is 1. The van der Waals surface area contributed by atoms with E-state index in [0.717, 1.165) is 42.6 Å². The van der Waals surface area contributed by atoms with Crippen molar-refractivity contribution in [3.05, 3.63) is 29.3 Å². The van der Waals surface area contributed by atoms with Gasteiger partial charge in [0, 0.05) is 0 Å². The molecular formula is C24H42O4S. The molecule has 5 heteroatoms. The van der Waals surface area contributed by atoms with Crippen LogP contribution in [0.2, 0.25) is 0 Å². The van der Waals surface area contributed by atoms with Crippen LogP contribution in [-0.2, 0) is 23.0 Å². The summed E-state index contributed by atoms with van der Waals surface area (Å²) < 4.78 is 38.7. The van der Waals surface area contributed by atoms with Crippen LogP contribution in [0, 0.1) is 0 Å². The van der Waals surface area contributed by atoms with Crippen molar-refractivity contribution in [1.29, 1.82) is 0 Å². The first kappa shape index (κ1) is 26.0. The Bertz CT molecular complexity index is 637. The van der Waals surface area contributed by atoms with Crippen LogP contribution in [-0.4, -0.2) is 24.3 Å². The molecule has 2 unspecified atom stereocenters. The first-order valence-corrected chi connectivity index (χ1v) is 13.0. The second-order valence-corrected chi connectivity index (χ2v) is 10.1. The van der Waals surface area contributed by atoms with Crippen LogP contribution in [0.5, 0.6) is 5.75 Å². The van der Waals surface area contributed by atoms with Gasteiger partial charge in [-0.3, -0.25) is 4.55 Å². The van der Waals surface area contributed by atoms with Gasteiger partial charge in [-0.2, -0.15) is 8.42 Å². The highest BCUT2D eigenvalue weighted by atomic mass is 32.2. The van der Waals surface area contributed by atoms with Gasteiger partial charge in [-0.1, -0.05) is 83.4 Å². The molecule has 168 valence electrons. The van der Waals surface area contributed by atoms with Crippen LogP contribution >= 0.6 is 0 Å². The Morgan fingerprint density at radius 1 is 0.828 bits per heavy atom. The van der Waals surface area contributed by atoms with E-state index in [2.05, 4.69) is 32.0 Å². The van der Waals surface area contributed by atoms with Gasteiger partial charge in [0.2, 0.25) is 0 Å². The molecule has 4 nitrogen and oxygen atoms in total. The molecule has 0 aromatic heterocycles. The maximum Gasteiger partial charge on any atom is 0.271 e. The molecule has 29 heavy (non-hydrogen) atoms. The first-order valence-electron chi connectivity index (χ1n) is 11.5. The largest absolute Gasteiger partial charge is 0.489 e. The molecule has 1 rings (SSSR count). The van der Waals surface area contributed by atoms with Crippen LogP contribution in [0.25, 0.3) is 0 Å². The smallest absolute Gasteiger partial charge is 0.271 e. The second kappa shape index (κ2) is 14.0. The zero-order valence-corrected chi connectivity index (χ0v) is 19.8. The third-order valence-electron chi connectivity index (χ3n) is 5.71. The average molecular weight is 427 g/mol. The normalized spacial score (nSPS) is 14.0. The van der Waals surface area contributed by atoms with Gasteiger partial charge in [-0.25, -0.2) is 0 Å². The van der Waals surface area contributed by atoms with E-state index in [4.69, 9.17) is 4.74 Å². The summed E-state index contributed by atoms with van der Waals surface area (Å²) in [6.07, 6.45) is 13.4. The summed E-state index contributed by atoms with van der Waals surface area (Å²) in [7, 11) is -4.13. The monoisotopic (exact) mass is 426 g/mol. The maximum absolute atomic E-state index is 11.6. The van der Waals surface area contributed by atoms with Crippen molar-refractivity contribution in [3.8, 4) is 5.75 Å². The zero-order chi connectivity index (χ0) is 21.7. The summed E-state index contributed by atoms with van der Waals surface area (Å²) in [5.41, 5.74) is 2.31. The highest BCUT2D eigenvalue weighted by molar-refractivity contribution is 7.86. The number of rotatable bonds is 16. The SMILES string of the molecule is CCCCCCCc1cccc(CCCCCCC)c1OC(C)C(C)S(=O)(=O)O. The van der Waals surface area contributed by atoms with Crippen LogP contribution in [0.1, 0.15) is 103 Å². The third kappa shape index (κ3) is 9.99. The number of aryl methyl sites for hydroxylation is 2. The Labute approximate surface area is 179 Å². The summed E-state index contributed by atoms with van der Waals surface area (Å²) in [5.74, 6) is 0.835. The highest BCUT2D eigenvalue weighted by Crippen LogP contribution is 2.30. The molecule has 0 fully saturated rings. The molecule has 0 spiro atoms. The summed E-state index contributed by atoms with van der Waals surface area (Å²) in [5, 5.41) is -0.961. The quantitative estimate of drug-likeness (QED) is 0.234. The van der Waals surface area contributed by atoms with Crippen molar-refractivity contribution >= 4 is 10.1 Å². The minimum Gasteiger partial charge on any atom is -0.489 e. The predicted molar refractivity (Wildman–Crippen MR) is 122 cm³/mol. The zero-order valence-electron chi connectivity index (χ0n) is 19.0. The molecule has 2 atom stereocenters. The molecule has 0 amide bonds. The molecule has 1 aromatic carbocycles. The van der Waals surface area contributed by atoms with Crippen LogP contribution in [0.4, 0.5) is 0 Å². The summed E-state index contributed by atoms with van der Waals surface area (Å²) in [6, 6.07) is 6.29. The topological polar surface area (TPSA) is 63.6 Å². The number of hydrogen-bond acceptors (Lipinski definition) is 3. The Kier molecular flexibility index (Phi) is 12.6. The van der Waals surface area contributed by atoms with Gasteiger partial charge >= 0.3 is 0 Å². The fraction of sp³-hybridized carbons (Fsp3) is 0.750. The van der Waals surface area contributed by atoms with Crippen molar-refractivity contribution in [2.24, 2.45) is 0 Å². The van der Waals surface area contributed by atoms with E-state index in [1.54, 1.807) is 6.92 Å². The molecule has 0 saturated heterocycles. The number of unbranched alkanes of at least 4 members (excludes halogenated alkanes) is 8. The molecular weight excluding hydrogens is 384 g/mol. The van der Waals surface area contributed by atoms with E-state index in [-0.39, 0.29) is 0 Å². The number of para-hydroxylation sites is 1.